The van der Waals surface area contributed by atoms with Crippen LogP contribution in [-0.4, -0.2) is 10.9 Å². The second-order valence-corrected chi connectivity index (χ2v) is 4.64. The molecule has 0 aliphatic heterocycles. The van der Waals surface area contributed by atoms with Gasteiger partial charge in [-0.05, 0) is 43.2 Å². The summed E-state index contributed by atoms with van der Waals surface area (Å²) >= 11 is 0. The zero-order chi connectivity index (χ0) is 15.6. The Morgan fingerprint density at radius 3 is 2.43 bits per heavy atom. The van der Waals surface area contributed by atoms with Gasteiger partial charge in [0, 0.05) is 0 Å². The maximum absolute atomic E-state index is 11.4. The molecule has 6 nitrogen and oxygen atoms in total. The van der Waals surface area contributed by atoms with Gasteiger partial charge >= 0.3 is 0 Å². The van der Waals surface area contributed by atoms with Crippen LogP contribution in [0.2, 0.25) is 0 Å². The number of aromatic nitrogens is 1. The fourth-order valence-corrected chi connectivity index (χ4v) is 2.00. The summed E-state index contributed by atoms with van der Waals surface area (Å²) in [6.07, 6.45) is 1.39. The topological polar surface area (TPSA) is 115 Å². The van der Waals surface area contributed by atoms with Gasteiger partial charge in [-0.25, -0.2) is 4.98 Å². The number of benzene rings is 1. The number of ether oxygens (including phenoxy) is 1. The molecule has 2 aromatic rings. The number of aryl methyl sites for hydroxylation is 2. The molecular weight excluding hydrogens is 268 g/mol. The highest BCUT2D eigenvalue weighted by Gasteiger charge is 2.15. The third-order valence-electron chi connectivity index (χ3n) is 2.93. The number of hydrogen-bond acceptors (Lipinski definition) is 5. The van der Waals surface area contributed by atoms with Crippen LogP contribution in [0.4, 0.5) is 5.69 Å². The number of hydrogen-bond donors (Lipinski definition) is 2. The third-order valence-corrected chi connectivity index (χ3v) is 2.93. The number of nitrogens with zero attached hydrogens (tertiary/aromatic N) is 2. The van der Waals surface area contributed by atoms with Crippen molar-refractivity contribution in [1.29, 1.82) is 5.26 Å². The predicted molar refractivity (Wildman–Crippen MR) is 77.9 cm³/mol. The molecule has 21 heavy (non-hydrogen) atoms. The summed E-state index contributed by atoms with van der Waals surface area (Å²) in [5, 5.41) is 8.94. The van der Waals surface area contributed by atoms with Gasteiger partial charge < -0.3 is 16.2 Å². The van der Waals surface area contributed by atoms with Gasteiger partial charge in [0.25, 0.3) is 5.91 Å². The average molecular weight is 282 g/mol. The van der Waals surface area contributed by atoms with Crippen LogP contribution < -0.4 is 16.2 Å². The number of primary amides is 1. The first kappa shape index (κ1) is 14.3. The molecule has 0 saturated heterocycles. The first-order valence-electron chi connectivity index (χ1n) is 6.17. The Morgan fingerprint density at radius 2 is 1.90 bits per heavy atom. The van der Waals surface area contributed by atoms with E-state index in [1.54, 1.807) is 12.1 Å². The molecule has 0 bridgehead atoms. The van der Waals surface area contributed by atoms with Crippen LogP contribution in [0.15, 0.2) is 24.4 Å². The molecule has 0 spiro atoms. The third kappa shape index (κ3) is 2.92. The zero-order valence-electron chi connectivity index (χ0n) is 11.7. The minimum atomic E-state index is -0.672. The minimum absolute atomic E-state index is 0.0904. The maximum atomic E-state index is 11.4. The van der Waals surface area contributed by atoms with Crippen LogP contribution in [0.1, 0.15) is 27.0 Å². The molecule has 0 unspecified atom stereocenters. The van der Waals surface area contributed by atoms with E-state index < -0.39 is 5.91 Å². The van der Waals surface area contributed by atoms with Crippen molar-refractivity contribution in [1.82, 2.24) is 4.98 Å². The van der Waals surface area contributed by atoms with E-state index in [4.69, 9.17) is 21.5 Å². The average Bonchev–Trinajstić information content (AvgIpc) is 2.43. The summed E-state index contributed by atoms with van der Waals surface area (Å²) in [4.78, 5) is 15.4. The number of anilines is 1. The van der Waals surface area contributed by atoms with Crippen LogP contribution in [0.3, 0.4) is 0 Å². The summed E-state index contributed by atoms with van der Waals surface area (Å²) in [5.41, 5.74) is 13.4. The van der Waals surface area contributed by atoms with E-state index >= 15 is 0 Å². The highest BCUT2D eigenvalue weighted by molar-refractivity contribution is 5.95. The van der Waals surface area contributed by atoms with E-state index in [0.29, 0.717) is 17.0 Å². The van der Waals surface area contributed by atoms with Crippen molar-refractivity contribution in [3.05, 3.63) is 46.6 Å². The Bertz CT molecular complexity index is 740. The van der Waals surface area contributed by atoms with E-state index in [-0.39, 0.29) is 11.4 Å². The van der Waals surface area contributed by atoms with E-state index in [0.717, 1.165) is 11.1 Å². The summed E-state index contributed by atoms with van der Waals surface area (Å²) in [5.74, 6) is -0.0462. The summed E-state index contributed by atoms with van der Waals surface area (Å²) < 4.78 is 5.71. The standard InChI is InChI=1S/C15H14N4O2/c1-8-3-10(6-16)4-9(2)13(8)21-15-12(14(18)20)5-11(17)7-19-15/h3-5,7H,17H2,1-2H3,(H2,18,20). The van der Waals surface area contributed by atoms with E-state index in [9.17, 15) is 4.79 Å². The number of amides is 1. The molecule has 1 aromatic heterocycles. The normalized spacial score (nSPS) is 9.95. The van der Waals surface area contributed by atoms with Crippen LogP contribution >= 0.6 is 0 Å². The van der Waals surface area contributed by atoms with Crippen molar-refractivity contribution < 1.29 is 9.53 Å². The number of carbonyl (C=O) groups excluding carboxylic acids is 1. The minimum Gasteiger partial charge on any atom is -0.438 e. The molecule has 4 N–H and O–H groups in total. The molecule has 0 aliphatic rings. The first-order chi connectivity index (χ1) is 9.92. The first-order valence-corrected chi connectivity index (χ1v) is 6.17. The summed E-state index contributed by atoms with van der Waals surface area (Å²) in [6, 6.07) is 6.89. The van der Waals surface area contributed by atoms with Crippen LogP contribution in [-0.2, 0) is 0 Å². The lowest BCUT2D eigenvalue weighted by molar-refractivity contribution is 0.0997. The van der Waals surface area contributed by atoms with Crippen LogP contribution in [0, 0.1) is 25.2 Å². The van der Waals surface area contributed by atoms with Crippen molar-refractivity contribution in [2.75, 3.05) is 5.73 Å². The Balaban J connectivity index is 2.49. The molecule has 0 saturated carbocycles. The zero-order valence-corrected chi connectivity index (χ0v) is 11.7. The van der Waals surface area contributed by atoms with Gasteiger partial charge in [-0.2, -0.15) is 5.26 Å². The smallest absolute Gasteiger partial charge is 0.254 e. The fourth-order valence-electron chi connectivity index (χ4n) is 2.00. The Kier molecular flexibility index (Phi) is 3.76. The lowest BCUT2D eigenvalue weighted by Crippen LogP contribution is -2.14. The highest BCUT2D eigenvalue weighted by Crippen LogP contribution is 2.30. The molecule has 1 aromatic carbocycles. The largest absolute Gasteiger partial charge is 0.438 e. The molecule has 1 amide bonds. The van der Waals surface area contributed by atoms with Crippen molar-refractivity contribution in [3.8, 4) is 17.7 Å². The van der Waals surface area contributed by atoms with Crippen molar-refractivity contribution in [2.45, 2.75) is 13.8 Å². The van der Waals surface area contributed by atoms with Gasteiger partial charge in [0.15, 0.2) is 0 Å². The molecule has 0 atom stereocenters. The van der Waals surface area contributed by atoms with E-state index in [1.807, 2.05) is 13.8 Å². The van der Waals surface area contributed by atoms with Crippen molar-refractivity contribution >= 4 is 11.6 Å². The lowest BCUT2D eigenvalue weighted by atomic mass is 10.1. The van der Waals surface area contributed by atoms with Gasteiger partial charge in [-0.1, -0.05) is 0 Å². The Morgan fingerprint density at radius 1 is 1.29 bits per heavy atom. The Labute approximate surface area is 122 Å². The second kappa shape index (κ2) is 5.51. The highest BCUT2D eigenvalue weighted by atomic mass is 16.5. The molecule has 6 heteroatoms. The molecular formula is C15H14N4O2. The van der Waals surface area contributed by atoms with E-state index in [1.165, 1.54) is 12.3 Å². The molecule has 0 fully saturated rings. The molecule has 0 aliphatic carbocycles. The maximum Gasteiger partial charge on any atom is 0.254 e. The van der Waals surface area contributed by atoms with E-state index in [2.05, 4.69) is 11.1 Å². The van der Waals surface area contributed by atoms with Crippen molar-refractivity contribution in [3.63, 3.8) is 0 Å². The number of nitriles is 1. The summed E-state index contributed by atoms with van der Waals surface area (Å²) in [6.45, 7) is 3.62. The number of carbonyl (C=O) groups is 1. The molecule has 106 valence electrons. The molecule has 1 heterocycles. The van der Waals surface area contributed by atoms with Gasteiger partial charge in [0.2, 0.25) is 5.88 Å². The van der Waals surface area contributed by atoms with Gasteiger partial charge in [0.1, 0.15) is 11.3 Å². The summed E-state index contributed by atoms with van der Waals surface area (Å²) in [7, 11) is 0. The Hall–Kier alpha value is -3.07. The molecule has 2 rings (SSSR count). The SMILES string of the molecule is Cc1cc(C#N)cc(C)c1Oc1ncc(N)cc1C(N)=O. The van der Waals surface area contributed by atoms with Crippen molar-refractivity contribution in [2.24, 2.45) is 5.73 Å². The quantitative estimate of drug-likeness (QED) is 0.893. The number of pyridine rings is 1. The van der Waals surface area contributed by atoms with Crippen LogP contribution in [0.25, 0.3) is 0 Å². The molecule has 0 radical (unpaired) electrons. The number of nitrogen functional groups attached to an aromatic ring is 1. The fraction of sp³-hybridized carbons (Fsp3) is 0.133. The number of nitrogens with two attached hydrogens (primary N) is 2. The van der Waals surface area contributed by atoms with Gasteiger partial charge in [-0.15, -0.1) is 0 Å². The van der Waals surface area contributed by atoms with Gasteiger partial charge in [0.05, 0.1) is 23.5 Å². The monoisotopic (exact) mass is 282 g/mol. The number of rotatable bonds is 3. The van der Waals surface area contributed by atoms with Crippen LogP contribution in [0.5, 0.6) is 11.6 Å². The van der Waals surface area contributed by atoms with Gasteiger partial charge in [-0.3, -0.25) is 4.79 Å². The predicted octanol–water partition coefficient (Wildman–Crippen LogP) is 2.04. The second-order valence-electron chi connectivity index (χ2n) is 4.64. The lowest BCUT2D eigenvalue weighted by Gasteiger charge is -2.13.